The number of carboxylic acids is 1. The molecule has 7 nitrogen and oxygen atoms in total. The number of amides is 3. The zero-order valence-corrected chi connectivity index (χ0v) is 13.0. The fraction of sp³-hybridized carbons (Fsp3) is 0.769. The minimum Gasteiger partial charge on any atom is -0.480 e. The van der Waals surface area contributed by atoms with E-state index in [1.54, 1.807) is 11.8 Å². The predicted octanol–water partition coefficient (Wildman–Crippen LogP) is 0.680. The molecule has 0 radical (unpaired) electrons. The van der Waals surface area contributed by atoms with Crippen LogP contribution in [0.1, 0.15) is 38.5 Å². The number of carboxylic acid groups (broad SMARTS) is 1. The first kappa shape index (κ1) is 17.6. The molecule has 1 aliphatic rings. The summed E-state index contributed by atoms with van der Waals surface area (Å²) in [7, 11) is 0. The molecular formula is C13H23N3O4S. The van der Waals surface area contributed by atoms with E-state index in [0.717, 1.165) is 25.7 Å². The SMILES string of the molecule is CSC1(CNC(=O)NC(CCC(N)=O)C(=O)O)CCCC1. The zero-order chi connectivity index (χ0) is 15.9. The molecule has 0 heterocycles. The molecule has 1 aliphatic carbocycles. The lowest BCUT2D eigenvalue weighted by Gasteiger charge is -2.27. The van der Waals surface area contributed by atoms with E-state index in [1.165, 1.54) is 0 Å². The molecule has 8 heteroatoms. The smallest absolute Gasteiger partial charge is 0.326 e. The van der Waals surface area contributed by atoms with Gasteiger partial charge in [0.1, 0.15) is 6.04 Å². The van der Waals surface area contributed by atoms with Gasteiger partial charge in [-0.05, 0) is 25.5 Å². The van der Waals surface area contributed by atoms with Crippen LogP contribution in [0.2, 0.25) is 0 Å². The van der Waals surface area contributed by atoms with Crippen molar-refractivity contribution < 1.29 is 19.5 Å². The Labute approximate surface area is 128 Å². The Morgan fingerprint density at radius 1 is 1.33 bits per heavy atom. The Kier molecular flexibility index (Phi) is 6.80. The van der Waals surface area contributed by atoms with Crippen LogP contribution >= 0.6 is 11.8 Å². The van der Waals surface area contributed by atoms with E-state index in [0.29, 0.717) is 6.54 Å². The molecule has 21 heavy (non-hydrogen) atoms. The topological polar surface area (TPSA) is 122 Å². The van der Waals surface area contributed by atoms with Gasteiger partial charge in [-0.25, -0.2) is 9.59 Å². The van der Waals surface area contributed by atoms with Crippen molar-refractivity contribution in [2.45, 2.75) is 49.3 Å². The Morgan fingerprint density at radius 3 is 2.43 bits per heavy atom. The molecule has 1 unspecified atom stereocenters. The van der Waals surface area contributed by atoms with E-state index in [-0.39, 0.29) is 17.6 Å². The van der Waals surface area contributed by atoms with Crippen LogP contribution in [0.4, 0.5) is 4.79 Å². The van der Waals surface area contributed by atoms with Crippen LogP contribution in [0.3, 0.4) is 0 Å². The summed E-state index contributed by atoms with van der Waals surface area (Å²) in [6.45, 7) is 0.516. The molecule has 0 aromatic rings. The van der Waals surface area contributed by atoms with Crippen molar-refractivity contribution >= 4 is 29.7 Å². The highest BCUT2D eigenvalue weighted by Crippen LogP contribution is 2.39. The van der Waals surface area contributed by atoms with Crippen molar-refractivity contribution in [3.63, 3.8) is 0 Å². The third-order valence-electron chi connectivity index (χ3n) is 3.80. The Balaban J connectivity index is 2.42. The van der Waals surface area contributed by atoms with E-state index in [4.69, 9.17) is 10.8 Å². The van der Waals surface area contributed by atoms with Gasteiger partial charge in [0, 0.05) is 17.7 Å². The molecular weight excluding hydrogens is 294 g/mol. The predicted molar refractivity (Wildman–Crippen MR) is 81.1 cm³/mol. The lowest BCUT2D eigenvalue weighted by atomic mass is 10.1. The maximum atomic E-state index is 11.8. The third-order valence-corrected chi connectivity index (χ3v) is 5.22. The van der Waals surface area contributed by atoms with Gasteiger partial charge in [-0.15, -0.1) is 0 Å². The molecule has 0 saturated heterocycles. The van der Waals surface area contributed by atoms with Crippen molar-refractivity contribution in [2.75, 3.05) is 12.8 Å². The second kappa shape index (κ2) is 8.11. The standard InChI is InChI=1S/C13H23N3O4S/c1-21-13(6-2-3-7-13)8-15-12(20)16-9(11(18)19)4-5-10(14)17/h9H,2-8H2,1H3,(H2,14,17)(H,18,19)(H2,15,16,20). The normalized spacial score (nSPS) is 18.0. The Bertz CT molecular complexity index is 397. The minimum atomic E-state index is -1.17. The largest absolute Gasteiger partial charge is 0.480 e. The molecule has 3 amide bonds. The summed E-state index contributed by atoms with van der Waals surface area (Å²) in [6.07, 6.45) is 6.35. The summed E-state index contributed by atoms with van der Waals surface area (Å²) < 4.78 is 0.0588. The number of urea groups is 1. The minimum absolute atomic E-state index is 0.00818. The fourth-order valence-corrected chi connectivity index (χ4v) is 3.38. The second-order valence-electron chi connectivity index (χ2n) is 5.32. The number of rotatable bonds is 8. The number of hydrogen-bond acceptors (Lipinski definition) is 4. The van der Waals surface area contributed by atoms with Crippen molar-refractivity contribution in [3.05, 3.63) is 0 Å². The van der Waals surface area contributed by atoms with Gasteiger partial charge in [0.2, 0.25) is 5.91 Å². The maximum Gasteiger partial charge on any atom is 0.326 e. The van der Waals surface area contributed by atoms with Crippen LogP contribution in [0.15, 0.2) is 0 Å². The van der Waals surface area contributed by atoms with Crippen molar-refractivity contribution in [1.29, 1.82) is 0 Å². The third kappa shape index (κ3) is 5.82. The molecule has 1 rings (SSSR count). The van der Waals surface area contributed by atoms with E-state index in [2.05, 4.69) is 10.6 Å². The monoisotopic (exact) mass is 317 g/mol. The molecule has 0 bridgehead atoms. The van der Waals surface area contributed by atoms with Gasteiger partial charge in [-0.2, -0.15) is 11.8 Å². The van der Waals surface area contributed by atoms with Gasteiger partial charge in [-0.1, -0.05) is 12.8 Å². The average molecular weight is 317 g/mol. The van der Waals surface area contributed by atoms with Crippen molar-refractivity contribution in [3.8, 4) is 0 Å². The fourth-order valence-electron chi connectivity index (χ4n) is 2.47. The second-order valence-corrected chi connectivity index (χ2v) is 6.59. The molecule has 1 fully saturated rings. The van der Waals surface area contributed by atoms with Crippen molar-refractivity contribution in [2.24, 2.45) is 5.73 Å². The summed E-state index contributed by atoms with van der Waals surface area (Å²) in [4.78, 5) is 33.5. The highest BCUT2D eigenvalue weighted by Gasteiger charge is 2.33. The summed E-state index contributed by atoms with van der Waals surface area (Å²) in [5.74, 6) is -1.76. The van der Waals surface area contributed by atoms with Gasteiger partial charge in [0.25, 0.3) is 0 Å². The van der Waals surface area contributed by atoms with Gasteiger partial charge in [-0.3, -0.25) is 4.79 Å². The van der Waals surface area contributed by atoms with Crippen molar-refractivity contribution in [1.82, 2.24) is 10.6 Å². The number of thioether (sulfide) groups is 1. The molecule has 0 aromatic heterocycles. The van der Waals surface area contributed by atoms with Crippen LogP contribution in [0.25, 0.3) is 0 Å². The first-order valence-corrected chi connectivity index (χ1v) is 8.22. The van der Waals surface area contributed by atoms with E-state index in [1.807, 2.05) is 6.26 Å². The van der Waals surface area contributed by atoms with Gasteiger partial charge in [0.15, 0.2) is 0 Å². The Morgan fingerprint density at radius 2 is 1.95 bits per heavy atom. The number of primary amides is 1. The molecule has 5 N–H and O–H groups in total. The number of nitrogens with one attached hydrogen (secondary N) is 2. The molecule has 1 atom stereocenters. The molecule has 0 aliphatic heterocycles. The average Bonchev–Trinajstić information content (AvgIpc) is 2.90. The number of aliphatic carboxylic acids is 1. The number of nitrogens with two attached hydrogens (primary N) is 1. The lowest BCUT2D eigenvalue weighted by molar-refractivity contribution is -0.139. The first-order chi connectivity index (χ1) is 9.88. The highest BCUT2D eigenvalue weighted by atomic mass is 32.2. The van der Waals surface area contributed by atoms with E-state index < -0.39 is 23.9 Å². The van der Waals surface area contributed by atoms with E-state index >= 15 is 0 Å². The summed E-state index contributed by atoms with van der Waals surface area (Å²) in [5, 5.41) is 14.1. The Hall–Kier alpha value is -1.44. The number of carbonyl (C=O) groups excluding carboxylic acids is 2. The number of carbonyl (C=O) groups is 3. The maximum absolute atomic E-state index is 11.8. The molecule has 0 aromatic carbocycles. The van der Waals surface area contributed by atoms with Gasteiger partial charge in [0.05, 0.1) is 0 Å². The quantitative estimate of drug-likeness (QED) is 0.524. The molecule has 1 saturated carbocycles. The van der Waals surface area contributed by atoms with Crippen LogP contribution in [-0.2, 0) is 9.59 Å². The highest BCUT2D eigenvalue weighted by molar-refractivity contribution is 8.00. The van der Waals surface area contributed by atoms with Crippen LogP contribution in [-0.4, -0.2) is 46.6 Å². The summed E-state index contributed by atoms with van der Waals surface area (Å²) >= 11 is 1.74. The zero-order valence-electron chi connectivity index (χ0n) is 12.2. The lowest BCUT2D eigenvalue weighted by Crippen LogP contribution is -2.49. The van der Waals surface area contributed by atoms with Crippen LogP contribution in [0.5, 0.6) is 0 Å². The molecule has 120 valence electrons. The number of hydrogen-bond donors (Lipinski definition) is 4. The summed E-state index contributed by atoms with van der Waals surface area (Å²) in [6, 6.07) is -1.63. The summed E-state index contributed by atoms with van der Waals surface area (Å²) in [5.41, 5.74) is 4.99. The van der Waals surface area contributed by atoms with Gasteiger partial charge >= 0.3 is 12.0 Å². The van der Waals surface area contributed by atoms with Crippen LogP contribution in [0, 0.1) is 0 Å². The van der Waals surface area contributed by atoms with E-state index in [9.17, 15) is 14.4 Å². The first-order valence-electron chi connectivity index (χ1n) is 6.99. The van der Waals surface area contributed by atoms with Crippen LogP contribution < -0.4 is 16.4 Å². The molecule has 0 spiro atoms. The van der Waals surface area contributed by atoms with Gasteiger partial charge < -0.3 is 21.5 Å².